The number of nitrogens with two attached hydrogens (primary N) is 1. The largest absolute Gasteiger partial charge is 0.463 e. The number of nitrogens with zero attached hydrogens (tertiary/aromatic N) is 1. The minimum Gasteiger partial charge on any atom is -0.463 e. The number of carbonyl (C=O) groups is 1. The van der Waals surface area contributed by atoms with Gasteiger partial charge < -0.3 is 15.5 Å². The Morgan fingerprint density at radius 3 is 2.48 bits per heavy atom. The first-order valence-corrected chi connectivity index (χ1v) is 7.89. The lowest BCUT2D eigenvalue weighted by Crippen LogP contribution is -2.52. The first kappa shape index (κ1) is 23.4. The fraction of sp³-hybridized carbons (Fsp3) is 0.444. The van der Waals surface area contributed by atoms with Crippen LogP contribution in [0.15, 0.2) is 34.9 Å². The van der Waals surface area contributed by atoms with Crippen molar-refractivity contribution in [3.63, 3.8) is 0 Å². The topological polar surface area (TPSA) is 81.2 Å². The van der Waals surface area contributed by atoms with Crippen molar-refractivity contribution in [2.45, 2.75) is 39.7 Å². The van der Waals surface area contributed by atoms with Crippen molar-refractivity contribution >= 4 is 30.7 Å². The molecule has 2 aromatic rings. The molecule has 0 aromatic carbocycles. The molecule has 0 aliphatic heterocycles. The first-order chi connectivity index (χ1) is 10.8. The van der Waals surface area contributed by atoms with Crippen molar-refractivity contribution in [1.82, 2.24) is 10.3 Å². The van der Waals surface area contributed by atoms with Crippen molar-refractivity contribution < 1.29 is 9.21 Å². The maximum Gasteiger partial charge on any atom is 0.253 e. The molecule has 7 heteroatoms. The third-order valence-corrected chi connectivity index (χ3v) is 3.83. The first-order valence-electron chi connectivity index (χ1n) is 7.89. The van der Waals surface area contributed by atoms with Crippen LogP contribution in [0.3, 0.4) is 0 Å². The van der Waals surface area contributed by atoms with Crippen LogP contribution in [0.5, 0.6) is 0 Å². The number of rotatable bonds is 6. The lowest BCUT2D eigenvalue weighted by molar-refractivity contribution is 0.0897. The Labute approximate surface area is 161 Å². The van der Waals surface area contributed by atoms with Crippen LogP contribution in [0.2, 0.25) is 0 Å². The molecule has 2 aromatic heterocycles. The number of aryl methyl sites for hydroxylation is 1. The summed E-state index contributed by atoms with van der Waals surface area (Å²) in [5, 5.41) is 3.06. The van der Waals surface area contributed by atoms with Crippen LogP contribution in [0.25, 0.3) is 11.5 Å². The van der Waals surface area contributed by atoms with Gasteiger partial charge in [0.2, 0.25) is 0 Å². The van der Waals surface area contributed by atoms with E-state index in [1.54, 1.807) is 18.4 Å². The van der Waals surface area contributed by atoms with Crippen LogP contribution in [0.4, 0.5) is 0 Å². The van der Waals surface area contributed by atoms with Gasteiger partial charge >= 0.3 is 0 Å². The minimum absolute atomic E-state index is 0. The van der Waals surface area contributed by atoms with E-state index in [0.717, 1.165) is 6.42 Å². The molecule has 1 amide bonds. The molecule has 1 unspecified atom stereocenters. The molecule has 0 saturated carbocycles. The van der Waals surface area contributed by atoms with E-state index in [2.05, 4.69) is 24.1 Å². The van der Waals surface area contributed by atoms with Gasteiger partial charge in [0.25, 0.3) is 5.91 Å². The summed E-state index contributed by atoms with van der Waals surface area (Å²) in [6.07, 6.45) is 2.43. The highest BCUT2D eigenvalue weighted by Gasteiger charge is 2.27. The molecule has 1 atom stereocenters. The predicted molar refractivity (Wildman–Crippen MR) is 106 cm³/mol. The zero-order valence-corrected chi connectivity index (χ0v) is 16.7. The number of hydrogen-bond donors (Lipinski definition) is 2. The predicted octanol–water partition coefficient (Wildman–Crippen LogP) is 3.99. The van der Waals surface area contributed by atoms with E-state index in [1.165, 1.54) is 0 Å². The Bertz CT molecular complexity index is 675. The van der Waals surface area contributed by atoms with E-state index >= 15 is 0 Å². The molecule has 2 heterocycles. The average Bonchev–Trinajstić information content (AvgIpc) is 3.00. The number of halogens is 2. The molecular weight excluding hydrogens is 361 g/mol. The Morgan fingerprint density at radius 2 is 2.00 bits per heavy atom. The van der Waals surface area contributed by atoms with E-state index in [0.29, 0.717) is 35.2 Å². The van der Waals surface area contributed by atoms with E-state index in [4.69, 9.17) is 10.2 Å². The third-order valence-electron chi connectivity index (χ3n) is 3.83. The van der Waals surface area contributed by atoms with Gasteiger partial charge in [-0.15, -0.1) is 24.8 Å². The number of pyridine rings is 1. The summed E-state index contributed by atoms with van der Waals surface area (Å²) in [6.45, 7) is 8.43. The van der Waals surface area contributed by atoms with Gasteiger partial charge in [-0.05, 0) is 50.5 Å². The summed E-state index contributed by atoms with van der Waals surface area (Å²) < 4.78 is 5.34. The van der Waals surface area contributed by atoms with Crippen LogP contribution >= 0.6 is 24.8 Å². The summed E-state index contributed by atoms with van der Waals surface area (Å²) in [6, 6.07) is 7.23. The van der Waals surface area contributed by atoms with Crippen LogP contribution in [0.1, 0.15) is 43.2 Å². The summed E-state index contributed by atoms with van der Waals surface area (Å²) >= 11 is 0. The Morgan fingerprint density at radius 1 is 1.32 bits per heavy atom. The van der Waals surface area contributed by atoms with Crippen molar-refractivity contribution in [1.29, 1.82) is 0 Å². The molecule has 0 aliphatic carbocycles. The smallest absolute Gasteiger partial charge is 0.253 e. The van der Waals surface area contributed by atoms with E-state index in [1.807, 2.05) is 26.0 Å². The van der Waals surface area contributed by atoms with Crippen molar-refractivity contribution in [3.05, 3.63) is 41.8 Å². The summed E-state index contributed by atoms with van der Waals surface area (Å²) in [7, 11) is 0. The van der Waals surface area contributed by atoms with Gasteiger partial charge in [0.15, 0.2) is 5.76 Å². The van der Waals surface area contributed by atoms with Gasteiger partial charge in [-0.3, -0.25) is 4.79 Å². The normalized spacial score (nSPS) is 12.7. The standard InChI is InChI=1S/C18H25N3O2.2ClH/c1-12(2)10-18(4,11-19)21-17(22)14-7-8-15(20-13(14)3)16-6-5-9-23-16;;/h5-9,12H,10-11,19H2,1-4H3,(H,21,22);2*1H. The van der Waals surface area contributed by atoms with Gasteiger partial charge in [-0.1, -0.05) is 13.8 Å². The molecule has 5 nitrogen and oxygen atoms in total. The maximum absolute atomic E-state index is 12.6. The fourth-order valence-electron chi connectivity index (χ4n) is 2.79. The number of aromatic nitrogens is 1. The van der Waals surface area contributed by atoms with Crippen molar-refractivity contribution in [2.24, 2.45) is 11.7 Å². The zero-order chi connectivity index (χ0) is 17.0. The Kier molecular flexibility index (Phi) is 9.19. The molecule has 25 heavy (non-hydrogen) atoms. The molecule has 0 spiro atoms. The Balaban J connectivity index is 0.00000288. The monoisotopic (exact) mass is 387 g/mol. The second-order valence-corrected chi connectivity index (χ2v) is 6.62. The van der Waals surface area contributed by atoms with Gasteiger partial charge in [0.05, 0.1) is 17.5 Å². The van der Waals surface area contributed by atoms with Gasteiger partial charge in [0, 0.05) is 12.1 Å². The number of furan rings is 1. The van der Waals surface area contributed by atoms with Crippen LogP contribution < -0.4 is 11.1 Å². The highest BCUT2D eigenvalue weighted by Crippen LogP contribution is 2.21. The molecule has 0 aliphatic rings. The lowest BCUT2D eigenvalue weighted by Gasteiger charge is -2.31. The number of hydrogen-bond acceptors (Lipinski definition) is 4. The molecular formula is C18H27Cl2N3O2. The molecule has 0 fully saturated rings. The number of nitrogens with one attached hydrogen (secondary N) is 1. The summed E-state index contributed by atoms with van der Waals surface area (Å²) in [5.74, 6) is 0.991. The van der Waals surface area contributed by atoms with Gasteiger partial charge in [0.1, 0.15) is 5.69 Å². The van der Waals surface area contributed by atoms with Crippen molar-refractivity contribution in [2.75, 3.05) is 6.54 Å². The molecule has 3 N–H and O–H groups in total. The zero-order valence-electron chi connectivity index (χ0n) is 15.0. The van der Waals surface area contributed by atoms with E-state index in [9.17, 15) is 4.79 Å². The maximum atomic E-state index is 12.6. The van der Waals surface area contributed by atoms with E-state index in [-0.39, 0.29) is 30.7 Å². The number of amides is 1. The Hall–Kier alpha value is -1.56. The van der Waals surface area contributed by atoms with Gasteiger partial charge in [-0.25, -0.2) is 4.98 Å². The van der Waals surface area contributed by atoms with Crippen LogP contribution in [-0.4, -0.2) is 23.0 Å². The average molecular weight is 388 g/mol. The lowest BCUT2D eigenvalue weighted by atomic mass is 9.90. The van der Waals surface area contributed by atoms with Crippen LogP contribution in [0, 0.1) is 12.8 Å². The fourth-order valence-corrected chi connectivity index (χ4v) is 2.79. The molecule has 0 radical (unpaired) electrons. The minimum atomic E-state index is -0.419. The second kappa shape index (κ2) is 9.80. The number of carbonyl (C=O) groups excluding carboxylic acids is 1. The highest BCUT2D eigenvalue weighted by molar-refractivity contribution is 5.96. The SMILES string of the molecule is Cc1nc(-c2ccco2)ccc1C(=O)NC(C)(CN)CC(C)C.Cl.Cl. The van der Waals surface area contributed by atoms with Gasteiger partial charge in [-0.2, -0.15) is 0 Å². The molecule has 2 rings (SSSR count). The quantitative estimate of drug-likeness (QED) is 0.784. The summed E-state index contributed by atoms with van der Waals surface area (Å²) in [5.41, 5.74) is 7.39. The second-order valence-electron chi connectivity index (χ2n) is 6.62. The molecule has 140 valence electrons. The molecule has 0 bridgehead atoms. The van der Waals surface area contributed by atoms with Crippen molar-refractivity contribution in [3.8, 4) is 11.5 Å². The third kappa shape index (κ3) is 6.03. The summed E-state index contributed by atoms with van der Waals surface area (Å²) in [4.78, 5) is 17.1. The van der Waals surface area contributed by atoms with Crippen LogP contribution in [-0.2, 0) is 0 Å². The molecule has 0 saturated heterocycles. The van der Waals surface area contributed by atoms with E-state index < -0.39 is 5.54 Å². The highest BCUT2D eigenvalue weighted by atomic mass is 35.5.